The maximum absolute atomic E-state index is 12.0. The van der Waals surface area contributed by atoms with Crippen LogP contribution < -0.4 is 0 Å². The summed E-state index contributed by atoms with van der Waals surface area (Å²) in [5.74, 6) is -0.739. The summed E-state index contributed by atoms with van der Waals surface area (Å²) in [4.78, 5) is 0. The molecule has 7 aliphatic rings. The molecule has 0 saturated carbocycles. The summed E-state index contributed by atoms with van der Waals surface area (Å²) in [6.07, 6.45) is -40.9. The third-order valence-corrected chi connectivity index (χ3v) is 27.1. The lowest BCUT2D eigenvalue weighted by Crippen LogP contribution is -2.69. The largest absolute Gasteiger partial charge is 0.445 e. The predicted molar refractivity (Wildman–Crippen MR) is 529 cm³/mol. The zero-order valence-corrected chi connectivity index (χ0v) is 87.5. The highest BCUT2D eigenvalue weighted by atomic mass is 35.6. The van der Waals surface area contributed by atoms with Crippen LogP contribution in [0.2, 0.25) is 0 Å². The molecule has 35 atom stereocenters. The van der Waals surface area contributed by atoms with Gasteiger partial charge in [-0.2, -0.15) is 0 Å². The molecule has 7 aromatic carbocycles. The van der Waals surface area contributed by atoms with Gasteiger partial charge in [-0.05, 0) is 38.9 Å². The van der Waals surface area contributed by atoms with E-state index in [0.29, 0.717) is 0 Å². The van der Waals surface area contributed by atoms with Crippen LogP contribution in [-0.4, -0.2) is 376 Å². The molecule has 812 valence electrons. The minimum atomic E-state index is -2.29. The van der Waals surface area contributed by atoms with Gasteiger partial charge in [-0.3, -0.25) is 5.41 Å². The molecule has 7 fully saturated rings. The Morgan fingerprint density at radius 2 is 0.381 bits per heavy atom. The highest BCUT2D eigenvalue weighted by molar-refractivity contribution is 6.76. The van der Waals surface area contributed by atoms with E-state index >= 15 is 0 Å². The average molecular weight is 2120 g/mol. The monoisotopic (exact) mass is 2120 g/mol. The number of aliphatic hydroxyl groups excluding tert-OH is 1. The molecule has 37 nitrogen and oxygen atoms in total. The average Bonchev–Trinajstić information content (AvgIpc) is 0.756. The van der Waals surface area contributed by atoms with E-state index in [9.17, 15) is 5.11 Å². The smallest absolute Gasteiger partial charge is 0.265 e. The van der Waals surface area contributed by atoms with E-state index in [1.165, 1.54) is 99.5 Å². The number of alkyl halides is 3. The molecule has 0 aliphatic carbocycles. The van der Waals surface area contributed by atoms with Crippen LogP contribution in [-0.2, 0) is 212 Å². The summed E-state index contributed by atoms with van der Waals surface area (Å²) in [5.41, 5.74) is 5.70. The third-order valence-electron chi connectivity index (χ3n) is 26.6. The first-order chi connectivity index (χ1) is 71.8. The topological polar surface area (TPSA) is 367 Å². The minimum Gasteiger partial charge on any atom is -0.445 e. The number of aliphatic hydroxyl groups is 1. The number of halogens is 3. The van der Waals surface area contributed by atoms with Crippen LogP contribution in [0.15, 0.2) is 212 Å². The van der Waals surface area contributed by atoms with Crippen molar-refractivity contribution in [2.24, 2.45) is 0 Å². The third kappa shape index (κ3) is 30.6. The van der Waals surface area contributed by atoms with Crippen LogP contribution in [0.25, 0.3) is 0 Å². The van der Waals surface area contributed by atoms with Crippen LogP contribution in [0.1, 0.15) is 38.9 Å². The highest BCUT2D eigenvalue weighted by Gasteiger charge is 2.63. The molecule has 40 heteroatoms. The Kier molecular flexibility index (Phi) is 46.8. The van der Waals surface area contributed by atoms with Gasteiger partial charge >= 0.3 is 0 Å². The molecule has 7 aromatic rings. The van der Waals surface area contributed by atoms with E-state index in [-0.39, 0.29) is 92.5 Å². The zero-order chi connectivity index (χ0) is 104. The zero-order valence-electron chi connectivity index (χ0n) is 85.2. The number of ether oxygens (including phenoxy) is 35. The maximum atomic E-state index is 12.0. The van der Waals surface area contributed by atoms with Crippen molar-refractivity contribution in [3.05, 3.63) is 251 Å². The second kappa shape index (κ2) is 59.2. The molecule has 7 aliphatic heterocycles. The predicted octanol–water partition coefficient (Wildman–Crippen LogP) is 10.8. The normalized spacial score (nSPS) is 33.9. The quantitative estimate of drug-likeness (QED) is 0.0203. The Morgan fingerprint density at radius 3 is 0.558 bits per heavy atom. The van der Waals surface area contributed by atoms with Crippen molar-refractivity contribution >= 4 is 40.7 Å². The Morgan fingerprint density at radius 1 is 0.224 bits per heavy atom. The second-order valence-electron chi connectivity index (χ2n) is 36.3. The van der Waals surface area contributed by atoms with E-state index in [0.717, 1.165) is 38.9 Å². The molecular formula is C107H142Cl3NO36. The number of hydrogen-bond donors (Lipinski definition) is 2. The van der Waals surface area contributed by atoms with Gasteiger partial charge in [-0.15, -0.1) is 0 Å². The van der Waals surface area contributed by atoms with Gasteiger partial charge in [0, 0.05) is 99.5 Å². The number of rotatable bonds is 55. The van der Waals surface area contributed by atoms with Crippen molar-refractivity contribution in [1.82, 2.24) is 0 Å². The minimum absolute atomic E-state index is 0.0102. The van der Waals surface area contributed by atoms with E-state index in [1.807, 2.05) is 212 Å². The van der Waals surface area contributed by atoms with Crippen LogP contribution in [0, 0.1) is 5.41 Å². The van der Waals surface area contributed by atoms with Crippen LogP contribution in [0.5, 0.6) is 0 Å². The molecule has 7 heterocycles. The summed E-state index contributed by atoms with van der Waals surface area (Å²) in [6, 6.07) is 67.0. The molecular weight excluding hydrogens is 1980 g/mol. The molecule has 0 radical (unpaired) electrons. The Labute approximate surface area is 874 Å². The van der Waals surface area contributed by atoms with E-state index < -0.39 is 225 Å². The highest BCUT2D eigenvalue weighted by Crippen LogP contribution is 2.45. The molecule has 7 saturated heterocycles. The molecule has 1 unspecified atom stereocenters. The Balaban J connectivity index is 0.783. The van der Waals surface area contributed by atoms with Crippen molar-refractivity contribution in [1.29, 1.82) is 5.41 Å². The fourth-order valence-corrected chi connectivity index (χ4v) is 19.7. The molecule has 0 bridgehead atoms. The van der Waals surface area contributed by atoms with Gasteiger partial charge in [-0.25, -0.2) is 0 Å². The lowest BCUT2D eigenvalue weighted by Gasteiger charge is -2.53. The summed E-state index contributed by atoms with van der Waals surface area (Å²) in [7, 11) is 21.2. The molecule has 0 aromatic heterocycles. The first kappa shape index (κ1) is 116. The van der Waals surface area contributed by atoms with Gasteiger partial charge in [0.15, 0.2) is 37.7 Å². The Bertz CT molecular complexity index is 4760. The van der Waals surface area contributed by atoms with E-state index in [2.05, 4.69) is 0 Å². The fraction of sp³-hybridized carbons (Fsp3) is 0.598. The van der Waals surface area contributed by atoms with Crippen molar-refractivity contribution in [2.45, 2.75) is 265 Å². The summed E-state index contributed by atoms with van der Waals surface area (Å²) in [6.45, 7) is -0.480. The van der Waals surface area contributed by atoms with Crippen LogP contribution in [0.3, 0.4) is 0 Å². The number of nitrogens with one attached hydrogen (secondary N) is 1. The standard InChI is InChI=1S/C107H142Cl3NO36/c1-113-57-71-78(112)85(127-50-64-36-22-15-23-37-64)92(120-8)99(134-71)141-79-72(58-114-2)135-100(93(121-9)86(79)128-51-65-38-24-16-25-39-65)142-80-73(59-115-3)136-101(94(122-10)87(80)129-52-66-40-26-17-27-41-66)143-81-74(60-116-4)137-102(95(123-11)88(81)130-53-67-42-28-18-29-43-67)144-82-75(61-117-5)138-103(96(124-12)89(82)131-54-68-44-30-19-31-45-68)145-83-76(62-118-6)139-104(97(125-13)90(83)132-55-69-46-32-20-33-47-69)146-84-77(63-119-7)140-105(147-106(111)107(108,109)110)98(126-14)91(84)133-56-70-48-34-21-35-49-70/h15-49,71-105,111-112H,50-63H2,1-14H3/t71-,72-,73-,74-,75-,76-,77-,78-,79-,80-,81-,82-,83-,84-,85+,86+,87+,88+,89+,90+,91+,92-,93-,94-,95-,96-,97-,98-,99-,100-,101-,102-,103-,104-,105?/m1/s1. The summed E-state index contributed by atoms with van der Waals surface area (Å²) < 4.78 is 235. The Hall–Kier alpha value is -6.52. The van der Waals surface area contributed by atoms with Gasteiger partial charge < -0.3 is 171 Å². The van der Waals surface area contributed by atoms with E-state index in [1.54, 1.807) is 0 Å². The van der Waals surface area contributed by atoms with Gasteiger partial charge in [0.05, 0.1) is 92.5 Å². The van der Waals surface area contributed by atoms with Crippen molar-refractivity contribution < 1.29 is 171 Å². The summed E-state index contributed by atoms with van der Waals surface area (Å²) >= 11 is 18.7. The van der Waals surface area contributed by atoms with Crippen LogP contribution >= 0.6 is 34.8 Å². The SMILES string of the molecule is COC[C@H]1O[C@H](O[C@H]2[C@H](OCc3ccccc3)[C@@H](OC)[C@@H](O[C@H]3[C@H](OCc4ccccc4)[C@@H](OC)[C@@H](O[C@H]4[C@H](OCc5ccccc5)[C@@H](OC)[C@@H](O[C@H]5[C@H](OCc6ccccc6)[C@@H](OC)[C@@H](O[C@H]6[C@H](OCc7ccccc7)[C@@H](OC)[C@@H](O[C@H]7[C@H](OCc8ccccc8)[C@@H](OC)C(OC(=N)C(Cl)(Cl)Cl)O[C@@H]7COC)O[C@@H]6COC)O[C@@H]5COC)O[C@@H]4COC)O[C@@H]3COC)O[C@@H]2COC)[C@H](OC)[C@@H](OCc2ccccc2)[C@@H]1O. The second-order valence-corrected chi connectivity index (χ2v) is 38.5. The molecule has 0 spiro atoms. The lowest BCUT2D eigenvalue weighted by molar-refractivity contribution is -0.407. The van der Waals surface area contributed by atoms with E-state index in [4.69, 9.17) is 206 Å². The first-order valence-electron chi connectivity index (χ1n) is 49.0. The first-order valence-corrected chi connectivity index (χ1v) is 50.1. The number of benzene rings is 7. The lowest BCUT2D eigenvalue weighted by atomic mass is 9.94. The molecule has 2 N–H and O–H groups in total. The van der Waals surface area contributed by atoms with Gasteiger partial charge in [0.1, 0.15) is 171 Å². The van der Waals surface area contributed by atoms with Gasteiger partial charge in [0.25, 0.3) is 3.79 Å². The maximum Gasteiger partial charge on any atom is 0.265 e. The summed E-state index contributed by atoms with van der Waals surface area (Å²) in [5, 5.41) is 20.7. The van der Waals surface area contributed by atoms with Crippen molar-refractivity contribution in [3.8, 4) is 0 Å². The van der Waals surface area contributed by atoms with Crippen molar-refractivity contribution in [3.63, 3.8) is 0 Å². The van der Waals surface area contributed by atoms with Crippen LogP contribution in [0.4, 0.5) is 0 Å². The van der Waals surface area contributed by atoms with Gasteiger partial charge in [-0.1, -0.05) is 247 Å². The van der Waals surface area contributed by atoms with Crippen molar-refractivity contribution in [2.75, 3.05) is 146 Å². The molecule has 147 heavy (non-hydrogen) atoms. The number of hydrogen-bond acceptors (Lipinski definition) is 37. The fourth-order valence-electron chi connectivity index (χ4n) is 19.5. The van der Waals surface area contributed by atoms with Gasteiger partial charge in [0.2, 0.25) is 12.2 Å². The molecule has 14 rings (SSSR count). The molecule has 0 amide bonds. The number of methoxy groups -OCH3 is 14.